The molecule has 0 aromatic rings. The molecule has 0 heterocycles. The fourth-order valence-corrected chi connectivity index (χ4v) is 0.386. The lowest BCUT2D eigenvalue weighted by atomic mass is 10.3. The average molecular weight is 170 g/mol. The fraction of sp³-hybridized carbons (Fsp3) is 0.286. The van der Waals surface area contributed by atoms with Crippen LogP contribution in [0, 0.1) is 0 Å². The number of hydrogen-bond acceptors (Lipinski definition) is 2. The van der Waals surface area contributed by atoms with E-state index in [1.54, 1.807) is 6.92 Å². The van der Waals surface area contributed by atoms with Crippen molar-refractivity contribution in [3.8, 4) is 0 Å². The second-order valence-corrected chi connectivity index (χ2v) is 1.97. The predicted molar refractivity (Wildman–Crippen MR) is 44.1 cm³/mol. The number of carbonyl (C=O) groups is 2. The number of urea groups is 1. The van der Waals surface area contributed by atoms with Crippen LogP contribution < -0.4 is 5.32 Å². The van der Waals surface area contributed by atoms with Crippen molar-refractivity contribution in [3.05, 3.63) is 11.8 Å². The van der Waals surface area contributed by atoms with Gasteiger partial charge in [0.15, 0.2) is 0 Å². The molecular weight excluding hydrogens is 160 g/mol. The minimum atomic E-state index is -1.07. The third kappa shape index (κ3) is 4.21. The van der Waals surface area contributed by atoms with Crippen LogP contribution in [0.2, 0.25) is 0 Å². The minimum Gasteiger partial charge on any atom is -0.478 e. The van der Waals surface area contributed by atoms with E-state index in [1.165, 1.54) is 13.1 Å². The Morgan fingerprint density at radius 3 is 2.50 bits per heavy atom. The molecule has 2 N–H and O–H groups in total. The highest BCUT2D eigenvalue weighted by Crippen LogP contribution is 1.88. The number of carboxylic acids is 1. The molecule has 0 aliphatic heterocycles. The van der Waals surface area contributed by atoms with Crippen LogP contribution in [-0.2, 0) is 4.79 Å². The molecule has 0 unspecified atom stereocenters. The van der Waals surface area contributed by atoms with Gasteiger partial charge in [-0.05, 0) is 13.8 Å². The molecule has 66 valence electrons. The number of nitrogens with zero attached hydrogens (tertiary/aromatic N) is 1. The third-order valence-corrected chi connectivity index (χ3v) is 0.996. The molecule has 0 fully saturated rings. The summed E-state index contributed by atoms with van der Waals surface area (Å²) in [6, 6.07) is -0.585. The number of nitrogens with one attached hydrogen (secondary N) is 1. The van der Waals surface area contributed by atoms with Crippen molar-refractivity contribution < 1.29 is 14.7 Å². The normalized spacial score (nSPS) is 11.7. The maximum Gasteiger partial charge on any atom is 0.344 e. The second-order valence-electron chi connectivity index (χ2n) is 1.97. The zero-order valence-corrected chi connectivity index (χ0v) is 6.87. The Morgan fingerprint density at radius 2 is 2.08 bits per heavy atom. The first-order chi connectivity index (χ1) is 5.57. The molecule has 0 aromatic heterocycles. The first-order valence-corrected chi connectivity index (χ1v) is 3.27. The van der Waals surface area contributed by atoms with Gasteiger partial charge in [-0.3, -0.25) is 0 Å². The highest BCUT2D eigenvalue weighted by molar-refractivity contribution is 5.88. The first-order valence-electron chi connectivity index (χ1n) is 3.27. The van der Waals surface area contributed by atoms with Crippen molar-refractivity contribution in [2.75, 3.05) is 0 Å². The Bertz CT molecular complexity index is 243. The van der Waals surface area contributed by atoms with Gasteiger partial charge < -0.3 is 10.4 Å². The molecule has 5 heteroatoms. The number of carboxylic acid groups (broad SMARTS) is 1. The monoisotopic (exact) mass is 170 g/mol. The Balaban J connectivity index is 4.05. The summed E-state index contributed by atoms with van der Waals surface area (Å²) in [5.41, 5.74) is 0.0506. The summed E-state index contributed by atoms with van der Waals surface area (Å²) in [4.78, 5) is 24.2. The van der Waals surface area contributed by atoms with Gasteiger partial charge in [0.2, 0.25) is 0 Å². The number of carbonyl (C=O) groups excluding carboxylic acids is 1. The second kappa shape index (κ2) is 5.06. The van der Waals surface area contributed by atoms with E-state index < -0.39 is 12.0 Å². The molecule has 0 atom stereocenters. The lowest BCUT2D eigenvalue weighted by Gasteiger charge is -1.93. The molecule has 0 spiro atoms. The molecule has 0 aliphatic rings. The maximum absolute atomic E-state index is 10.6. The van der Waals surface area contributed by atoms with Crippen LogP contribution in [0.4, 0.5) is 4.79 Å². The third-order valence-electron chi connectivity index (χ3n) is 0.996. The molecule has 0 aromatic carbocycles. The summed E-state index contributed by atoms with van der Waals surface area (Å²) in [6.45, 7) is 2.96. The van der Waals surface area contributed by atoms with E-state index >= 15 is 0 Å². The summed E-state index contributed by atoms with van der Waals surface area (Å²) in [7, 11) is 0. The zero-order chi connectivity index (χ0) is 9.56. The first kappa shape index (κ1) is 10.3. The van der Waals surface area contributed by atoms with E-state index in [-0.39, 0.29) is 5.57 Å². The van der Waals surface area contributed by atoms with E-state index in [1.807, 2.05) is 0 Å². The number of amides is 2. The van der Waals surface area contributed by atoms with Crippen molar-refractivity contribution in [3.63, 3.8) is 0 Å². The molecular formula is C7H10N2O3. The Morgan fingerprint density at radius 1 is 1.50 bits per heavy atom. The van der Waals surface area contributed by atoms with Crippen LogP contribution in [0.25, 0.3) is 0 Å². The van der Waals surface area contributed by atoms with Crippen molar-refractivity contribution in [2.45, 2.75) is 13.8 Å². The highest BCUT2D eigenvalue weighted by Gasteiger charge is 1.99. The molecule has 0 saturated carbocycles. The molecule has 12 heavy (non-hydrogen) atoms. The van der Waals surface area contributed by atoms with Gasteiger partial charge in [0.1, 0.15) is 0 Å². The van der Waals surface area contributed by atoms with Gasteiger partial charge in [-0.1, -0.05) is 0 Å². The van der Waals surface area contributed by atoms with E-state index in [9.17, 15) is 9.59 Å². The van der Waals surface area contributed by atoms with Crippen LogP contribution in [0.1, 0.15) is 13.8 Å². The van der Waals surface area contributed by atoms with Gasteiger partial charge in [0.25, 0.3) is 0 Å². The van der Waals surface area contributed by atoms with Crippen LogP contribution >= 0.6 is 0 Å². The molecule has 5 nitrogen and oxygen atoms in total. The molecule has 2 amide bonds. The Hall–Kier alpha value is -1.65. The van der Waals surface area contributed by atoms with Crippen molar-refractivity contribution in [1.82, 2.24) is 5.32 Å². The van der Waals surface area contributed by atoms with E-state index in [2.05, 4.69) is 10.3 Å². The summed E-state index contributed by atoms with van der Waals surface area (Å²) in [5, 5.41) is 10.6. The quantitative estimate of drug-likeness (QED) is 0.474. The largest absolute Gasteiger partial charge is 0.478 e. The molecule has 0 radical (unpaired) electrons. The smallest absolute Gasteiger partial charge is 0.344 e. The topological polar surface area (TPSA) is 78.8 Å². The molecule has 0 bridgehead atoms. The number of aliphatic carboxylic acids is 1. The van der Waals surface area contributed by atoms with E-state index in [0.29, 0.717) is 0 Å². The molecule has 0 aliphatic carbocycles. The lowest BCUT2D eigenvalue weighted by Crippen LogP contribution is -2.14. The molecule has 0 rings (SSSR count). The van der Waals surface area contributed by atoms with Gasteiger partial charge in [-0.15, -0.1) is 0 Å². The van der Waals surface area contributed by atoms with Gasteiger partial charge in [0, 0.05) is 12.4 Å². The number of rotatable bonds is 2. The lowest BCUT2D eigenvalue weighted by molar-refractivity contribution is -0.132. The van der Waals surface area contributed by atoms with Crippen LogP contribution in [0.3, 0.4) is 0 Å². The number of aliphatic imine (C=N–C) groups is 1. The van der Waals surface area contributed by atoms with Crippen LogP contribution in [0.15, 0.2) is 16.8 Å². The minimum absolute atomic E-state index is 0.0506. The predicted octanol–water partition coefficient (Wildman–Crippen LogP) is 0.775. The van der Waals surface area contributed by atoms with E-state index in [4.69, 9.17) is 5.11 Å². The van der Waals surface area contributed by atoms with Gasteiger partial charge in [-0.25, -0.2) is 14.6 Å². The van der Waals surface area contributed by atoms with Crippen LogP contribution in [0.5, 0.6) is 0 Å². The van der Waals surface area contributed by atoms with Gasteiger partial charge in [-0.2, -0.15) is 0 Å². The van der Waals surface area contributed by atoms with Crippen molar-refractivity contribution in [2.24, 2.45) is 4.99 Å². The highest BCUT2D eigenvalue weighted by atomic mass is 16.4. The van der Waals surface area contributed by atoms with Gasteiger partial charge >= 0.3 is 12.0 Å². The standard InChI is InChI=1S/C7H10N2O3/c1-3-8-7(12)9-4-5(2)6(10)11/h3-4H,1-2H3,(H,9,12)(H,10,11). The zero-order valence-electron chi connectivity index (χ0n) is 6.87. The van der Waals surface area contributed by atoms with Gasteiger partial charge in [0.05, 0.1) is 5.57 Å². The summed E-state index contributed by atoms with van der Waals surface area (Å²) in [5.74, 6) is -1.07. The average Bonchev–Trinajstić information content (AvgIpc) is 2.00. The Kier molecular flexibility index (Phi) is 4.36. The van der Waals surface area contributed by atoms with Crippen LogP contribution in [-0.4, -0.2) is 23.3 Å². The fourth-order valence-electron chi connectivity index (χ4n) is 0.386. The Labute approximate surface area is 69.8 Å². The summed E-state index contributed by atoms with van der Waals surface area (Å²) in [6.07, 6.45) is 2.41. The maximum atomic E-state index is 10.6. The summed E-state index contributed by atoms with van der Waals surface area (Å²) < 4.78 is 0. The van der Waals surface area contributed by atoms with Crippen molar-refractivity contribution >= 4 is 18.2 Å². The van der Waals surface area contributed by atoms with E-state index in [0.717, 1.165) is 6.20 Å². The number of hydrogen-bond donors (Lipinski definition) is 2. The summed E-state index contributed by atoms with van der Waals surface area (Å²) >= 11 is 0. The van der Waals surface area contributed by atoms with Crippen molar-refractivity contribution in [1.29, 1.82) is 0 Å². The SMILES string of the molecule is CC=NC(=O)NC=C(C)C(=O)O. The molecule has 0 saturated heterocycles.